The fourth-order valence-corrected chi connectivity index (χ4v) is 4.36. The van der Waals surface area contributed by atoms with Crippen molar-refractivity contribution in [2.45, 2.75) is 76.9 Å². The van der Waals surface area contributed by atoms with Gasteiger partial charge in [-0.1, -0.05) is 51.0 Å². The average molecular weight is 358 g/mol. The van der Waals surface area contributed by atoms with Gasteiger partial charge in [-0.2, -0.15) is 0 Å². The Morgan fingerprint density at radius 3 is 2.92 bits per heavy atom. The lowest BCUT2D eigenvalue weighted by molar-refractivity contribution is -0.0932. The molecule has 26 heavy (non-hydrogen) atoms. The Labute approximate surface area is 158 Å². The van der Waals surface area contributed by atoms with E-state index in [9.17, 15) is 5.11 Å². The van der Waals surface area contributed by atoms with E-state index in [1.165, 1.54) is 24.8 Å². The first-order valence-corrected chi connectivity index (χ1v) is 10.5. The van der Waals surface area contributed by atoms with Gasteiger partial charge < -0.3 is 15.2 Å². The van der Waals surface area contributed by atoms with Crippen molar-refractivity contribution < 1.29 is 9.84 Å². The Morgan fingerprint density at radius 2 is 2.12 bits per heavy atom. The zero-order chi connectivity index (χ0) is 18.4. The van der Waals surface area contributed by atoms with Gasteiger partial charge in [0.1, 0.15) is 11.4 Å². The molecule has 3 nitrogen and oxygen atoms in total. The number of rotatable bonds is 8. The second kappa shape index (κ2) is 9.05. The first-order chi connectivity index (χ1) is 12.7. The Bertz CT molecular complexity index is 612. The summed E-state index contributed by atoms with van der Waals surface area (Å²) >= 11 is 0. The number of benzene rings is 1. The van der Waals surface area contributed by atoms with Crippen LogP contribution in [0.25, 0.3) is 0 Å². The van der Waals surface area contributed by atoms with Crippen molar-refractivity contribution in [3.05, 3.63) is 41.5 Å². The Hall–Kier alpha value is -1.32. The van der Waals surface area contributed by atoms with Crippen molar-refractivity contribution in [1.29, 1.82) is 0 Å². The molecule has 0 spiro atoms. The van der Waals surface area contributed by atoms with Crippen LogP contribution in [-0.4, -0.2) is 24.3 Å². The van der Waals surface area contributed by atoms with Crippen LogP contribution in [-0.2, 0) is 12.0 Å². The molecule has 1 saturated carbocycles. The van der Waals surface area contributed by atoms with Crippen molar-refractivity contribution >= 4 is 0 Å². The van der Waals surface area contributed by atoms with Crippen LogP contribution in [0.15, 0.2) is 30.4 Å². The normalized spacial score (nSPS) is 27.8. The summed E-state index contributed by atoms with van der Waals surface area (Å²) in [5.41, 5.74) is 1.51. The van der Waals surface area contributed by atoms with Crippen LogP contribution in [0.3, 0.4) is 0 Å². The van der Waals surface area contributed by atoms with Gasteiger partial charge in [0, 0.05) is 17.5 Å². The van der Waals surface area contributed by atoms with E-state index in [2.05, 4.69) is 49.5 Å². The van der Waals surface area contributed by atoms with Gasteiger partial charge >= 0.3 is 0 Å². The molecule has 0 amide bonds. The van der Waals surface area contributed by atoms with E-state index in [-0.39, 0.29) is 5.92 Å². The van der Waals surface area contributed by atoms with Crippen LogP contribution in [0.4, 0.5) is 0 Å². The standard InChI is InChI=1S/C23H35NO2/c1-3-5-7-8-9-18-10-13-21-22(15-18)26-17-19-11-12-20(16-23(19,21)25)24-14-6-4-2/h7-8,10,13,15,19-20,24-25H,3-6,9,11-12,14,16-17H2,1-2H3. The van der Waals surface area contributed by atoms with Crippen molar-refractivity contribution in [3.8, 4) is 5.75 Å². The van der Waals surface area contributed by atoms with Crippen molar-refractivity contribution in [3.63, 3.8) is 0 Å². The number of nitrogens with one attached hydrogen (secondary N) is 1. The lowest BCUT2D eigenvalue weighted by Crippen LogP contribution is -2.51. The highest BCUT2D eigenvalue weighted by molar-refractivity contribution is 5.44. The van der Waals surface area contributed by atoms with Crippen LogP contribution in [0, 0.1) is 5.92 Å². The fourth-order valence-electron chi connectivity index (χ4n) is 4.36. The summed E-state index contributed by atoms with van der Waals surface area (Å²) in [5.74, 6) is 1.11. The minimum absolute atomic E-state index is 0.217. The number of allylic oxidation sites excluding steroid dienone is 2. The second-order valence-corrected chi connectivity index (χ2v) is 8.01. The van der Waals surface area contributed by atoms with Gasteiger partial charge in [0.05, 0.1) is 6.61 Å². The molecule has 3 heteroatoms. The summed E-state index contributed by atoms with van der Waals surface area (Å²) in [5, 5.41) is 15.2. The molecule has 3 atom stereocenters. The van der Waals surface area contributed by atoms with Gasteiger partial charge in [-0.25, -0.2) is 0 Å². The minimum atomic E-state index is -0.744. The third kappa shape index (κ3) is 4.32. The van der Waals surface area contributed by atoms with E-state index in [4.69, 9.17) is 4.74 Å². The molecule has 1 heterocycles. The highest BCUT2D eigenvalue weighted by atomic mass is 16.5. The molecule has 1 fully saturated rings. The number of hydrogen-bond donors (Lipinski definition) is 2. The van der Waals surface area contributed by atoms with Gasteiger partial charge in [0.2, 0.25) is 0 Å². The summed E-state index contributed by atoms with van der Waals surface area (Å²) in [4.78, 5) is 0. The molecule has 2 aliphatic rings. The van der Waals surface area contributed by atoms with E-state index in [0.29, 0.717) is 12.6 Å². The highest BCUT2D eigenvalue weighted by Gasteiger charge is 2.48. The van der Waals surface area contributed by atoms with Crippen LogP contribution < -0.4 is 10.1 Å². The molecule has 0 aromatic heterocycles. The van der Waals surface area contributed by atoms with Crippen LogP contribution in [0.2, 0.25) is 0 Å². The number of fused-ring (bicyclic) bond motifs is 3. The molecule has 0 saturated heterocycles. The predicted molar refractivity (Wildman–Crippen MR) is 108 cm³/mol. The van der Waals surface area contributed by atoms with Crippen LogP contribution in [0.1, 0.15) is 69.9 Å². The zero-order valence-corrected chi connectivity index (χ0v) is 16.5. The van der Waals surface area contributed by atoms with E-state index in [1.807, 2.05) is 0 Å². The third-order valence-electron chi connectivity index (χ3n) is 5.99. The van der Waals surface area contributed by atoms with Crippen LogP contribution in [0.5, 0.6) is 5.75 Å². The predicted octanol–water partition coefficient (Wildman–Crippen LogP) is 4.72. The molecule has 1 aliphatic heterocycles. The molecule has 3 rings (SSSR count). The Balaban J connectivity index is 1.72. The molecule has 0 radical (unpaired) electrons. The quantitative estimate of drug-likeness (QED) is 0.522. The van der Waals surface area contributed by atoms with Gasteiger partial charge in [0.15, 0.2) is 0 Å². The number of ether oxygens (including phenoxy) is 1. The lowest BCUT2D eigenvalue weighted by atomic mass is 9.68. The molecule has 2 N–H and O–H groups in total. The van der Waals surface area contributed by atoms with Crippen molar-refractivity contribution in [2.24, 2.45) is 5.92 Å². The highest BCUT2D eigenvalue weighted by Crippen LogP contribution is 2.48. The largest absolute Gasteiger partial charge is 0.493 e. The van der Waals surface area contributed by atoms with E-state index in [1.54, 1.807) is 0 Å². The fraction of sp³-hybridized carbons (Fsp3) is 0.652. The first-order valence-electron chi connectivity index (χ1n) is 10.5. The first kappa shape index (κ1) is 19.4. The van der Waals surface area contributed by atoms with Crippen LogP contribution >= 0.6 is 0 Å². The molecule has 1 aromatic rings. The molecule has 3 unspecified atom stereocenters. The minimum Gasteiger partial charge on any atom is -0.493 e. The van der Waals surface area contributed by atoms with E-state index < -0.39 is 5.60 Å². The maximum absolute atomic E-state index is 11.6. The number of aliphatic hydroxyl groups is 1. The monoisotopic (exact) mass is 357 g/mol. The number of unbranched alkanes of at least 4 members (excludes halogenated alkanes) is 2. The summed E-state index contributed by atoms with van der Waals surface area (Å²) in [6.07, 6.45) is 13.1. The molecule has 0 bridgehead atoms. The average Bonchev–Trinajstić information content (AvgIpc) is 2.65. The SMILES string of the molecule is CCCC=CCc1ccc2c(c1)OCC1CCC(NCCCC)CC21O. The Kier molecular flexibility index (Phi) is 6.77. The number of hydrogen-bond acceptors (Lipinski definition) is 3. The Morgan fingerprint density at radius 1 is 1.23 bits per heavy atom. The molecule has 1 aliphatic carbocycles. The maximum Gasteiger partial charge on any atom is 0.125 e. The summed E-state index contributed by atoms with van der Waals surface area (Å²) < 4.78 is 6.06. The van der Waals surface area contributed by atoms with Crippen molar-refractivity contribution in [2.75, 3.05) is 13.2 Å². The molecular weight excluding hydrogens is 322 g/mol. The van der Waals surface area contributed by atoms with Gasteiger partial charge in [-0.3, -0.25) is 0 Å². The summed E-state index contributed by atoms with van der Waals surface area (Å²) in [6, 6.07) is 6.81. The van der Waals surface area contributed by atoms with Gasteiger partial charge in [-0.15, -0.1) is 0 Å². The topological polar surface area (TPSA) is 41.5 Å². The molecular formula is C23H35NO2. The smallest absolute Gasteiger partial charge is 0.125 e. The molecule has 144 valence electrons. The second-order valence-electron chi connectivity index (χ2n) is 8.01. The zero-order valence-electron chi connectivity index (χ0n) is 16.5. The van der Waals surface area contributed by atoms with E-state index >= 15 is 0 Å². The molecule has 1 aromatic carbocycles. The summed E-state index contributed by atoms with van der Waals surface area (Å²) in [7, 11) is 0. The van der Waals surface area contributed by atoms with E-state index in [0.717, 1.165) is 50.0 Å². The third-order valence-corrected chi connectivity index (χ3v) is 5.99. The summed E-state index contributed by atoms with van der Waals surface area (Å²) in [6.45, 7) is 6.10. The van der Waals surface area contributed by atoms with Crippen molar-refractivity contribution in [1.82, 2.24) is 5.32 Å². The van der Waals surface area contributed by atoms with Gasteiger partial charge in [-0.05, 0) is 56.7 Å². The lowest BCUT2D eigenvalue weighted by Gasteiger charge is -2.47. The maximum atomic E-state index is 11.6. The van der Waals surface area contributed by atoms with Gasteiger partial charge in [0.25, 0.3) is 0 Å².